The maximum absolute atomic E-state index is 5.66. The molecule has 0 N–H and O–H groups in total. The summed E-state index contributed by atoms with van der Waals surface area (Å²) >= 11 is 1.77. The zero-order valence-electron chi connectivity index (χ0n) is 36.0. The van der Waals surface area contributed by atoms with Crippen molar-refractivity contribution in [2.24, 2.45) is 0 Å². The molecule has 0 fully saturated rings. The fourth-order valence-electron chi connectivity index (χ4n) is 6.64. The van der Waals surface area contributed by atoms with Crippen molar-refractivity contribution in [3.63, 3.8) is 0 Å². The van der Waals surface area contributed by atoms with Gasteiger partial charge in [-0.3, -0.25) is 9.97 Å². The van der Waals surface area contributed by atoms with E-state index < -0.39 is 0 Å². The Balaban J connectivity index is 0.000000267. The van der Waals surface area contributed by atoms with E-state index in [1.807, 2.05) is 24.3 Å². The number of aromatic nitrogens is 3. The number of fused-ring (bicyclic) bond motifs is 4. The van der Waals surface area contributed by atoms with Crippen molar-refractivity contribution in [1.29, 1.82) is 0 Å². The molecule has 2 aliphatic heterocycles. The zero-order chi connectivity index (χ0) is 41.1. The van der Waals surface area contributed by atoms with Gasteiger partial charge in [0.05, 0.1) is 26.3 Å². The molecule has 2 aromatic heterocycles. The molecule has 2 aliphatic rings. The van der Waals surface area contributed by atoms with Crippen molar-refractivity contribution in [1.82, 2.24) is 15.0 Å². The van der Waals surface area contributed by atoms with Gasteiger partial charge in [-0.25, -0.2) is 4.98 Å². The van der Waals surface area contributed by atoms with Crippen molar-refractivity contribution >= 4 is 32.6 Å². The number of benzene rings is 4. The van der Waals surface area contributed by atoms with E-state index in [4.69, 9.17) is 18.9 Å². The van der Waals surface area contributed by atoms with E-state index in [-0.39, 0.29) is 43.9 Å². The molecular weight excluding hydrogens is 751 g/mol. The molecule has 4 aromatic carbocycles. The number of aryl methyl sites for hydroxylation is 2. The molecule has 0 amide bonds. The normalized spacial score (nSPS) is 12.8. The number of hydrogen-bond acceptors (Lipinski definition) is 8. The van der Waals surface area contributed by atoms with Crippen molar-refractivity contribution < 1.29 is 18.9 Å². The molecule has 0 spiro atoms. The van der Waals surface area contributed by atoms with E-state index in [2.05, 4.69) is 154 Å². The lowest BCUT2D eigenvalue weighted by Gasteiger charge is -2.27. The van der Waals surface area contributed by atoms with Crippen LogP contribution in [0.3, 0.4) is 0 Å². The number of ether oxygens (including phenoxy) is 4. The standard InChI is InChI=1S/C13H16N2.C12H15NS.C12H16O2.C11H14O2.3CH4/c1-9-5-6-10(13(2,3)4)12-11(9)14-7-8-15-12;1-8-13-11-9(12(2,3)4)6-5-7-10(11)14-8;1-12(2,3)9-5-4-6-10-11(9)14-8-7-13-10;1-11(2,3)8-5-4-6-9-10(8)13-7-12-9;;;/h5-8H,1-4H3;5-7H,1-4H3;4-6H,7-8H2,1-3H3;4-6H,7H2,1-3H3;3*1H4. The number of para-hydroxylation sites is 3. The third-order valence-corrected chi connectivity index (χ3v) is 10.5. The molecule has 8 rings (SSSR count). The van der Waals surface area contributed by atoms with Crippen LogP contribution in [0.5, 0.6) is 23.0 Å². The van der Waals surface area contributed by atoms with Crippen LogP contribution in [-0.2, 0) is 21.7 Å². The highest BCUT2D eigenvalue weighted by Crippen LogP contribution is 2.42. The monoisotopic (exact) mass is 824 g/mol. The zero-order valence-corrected chi connectivity index (χ0v) is 36.8. The highest BCUT2D eigenvalue weighted by atomic mass is 32.1. The lowest BCUT2D eigenvalue weighted by molar-refractivity contribution is 0.168. The van der Waals surface area contributed by atoms with Crippen LogP contribution in [0.4, 0.5) is 0 Å². The quantitative estimate of drug-likeness (QED) is 0.151. The fraction of sp³-hybridized carbons (Fsp3) is 0.471. The molecule has 7 nitrogen and oxygen atoms in total. The van der Waals surface area contributed by atoms with Gasteiger partial charge in [0.2, 0.25) is 6.79 Å². The summed E-state index contributed by atoms with van der Waals surface area (Å²) in [7, 11) is 0. The van der Waals surface area contributed by atoms with Crippen molar-refractivity contribution in [2.75, 3.05) is 20.0 Å². The summed E-state index contributed by atoms with van der Waals surface area (Å²) in [5.74, 6) is 3.58. The maximum atomic E-state index is 5.66. The first-order chi connectivity index (χ1) is 26.2. The lowest BCUT2D eigenvalue weighted by atomic mass is 9.85. The van der Waals surface area contributed by atoms with Gasteiger partial charge < -0.3 is 18.9 Å². The highest BCUT2D eigenvalue weighted by Gasteiger charge is 2.26. The predicted octanol–water partition coefficient (Wildman–Crippen LogP) is 14.5. The highest BCUT2D eigenvalue weighted by molar-refractivity contribution is 7.18. The Kier molecular flexibility index (Phi) is 17.1. The fourth-order valence-corrected chi connectivity index (χ4v) is 7.50. The van der Waals surface area contributed by atoms with E-state index in [1.54, 1.807) is 23.7 Å². The third kappa shape index (κ3) is 12.4. The smallest absolute Gasteiger partial charge is 0.231 e. The van der Waals surface area contributed by atoms with Gasteiger partial charge in [0.1, 0.15) is 13.2 Å². The molecule has 0 unspecified atom stereocenters. The van der Waals surface area contributed by atoms with Crippen LogP contribution in [0, 0.1) is 13.8 Å². The Morgan fingerprint density at radius 3 is 1.49 bits per heavy atom. The van der Waals surface area contributed by atoms with Crippen LogP contribution < -0.4 is 18.9 Å². The van der Waals surface area contributed by atoms with Crippen LogP contribution in [0.25, 0.3) is 21.3 Å². The second-order valence-electron chi connectivity index (χ2n) is 18.4. The van der Waals surface area contributed by atoms with Gasteiger partial charge >= 0.3 is 0 Å². The maximum Gasteiger partial charge on any atom is 0.231 e. The largest absolute Gasteiger partial charge is 0.486 e. The van der Waals surface area contributed by atoms with E-state index in [9.17, 15) is 0 Å². The molecule has 6 aromatic rings. The average molecular weight is 824 g/mol. The molecular formula is C51H73N3O4S. The van der Waals surface area contributed by atoms with E-state index >= 15 is 0 Å². The van der Waals surface area contributed by atoms with Crippen LogP contribution in [0.15, 0.2) is 79.1 Å². The second kappa shape index (κ2) is 20.0. The van der Waals surface area contributed by atoms with E-state index in [0.29, 0.717) is 20.0 Å². The Morgan fingerprint density at radius 1 is 0.475 bits per heavy atom. The van der Waals surface area contributed by atoms with Crippen molar-refractivity contribution in [3.05, 3.63) is 112 Å². The van der Waals surface area contributed by atoms with Gasteiger partial charge in [0.25, 0.3) is 0 Å². The Bertz CT molecular complexity index is 2270. The first kappa shape index (κ1) is 50.5. The molecule has 0 saturated carbocycles. The minimum Gasteiger partial charge on any atom is -0.486 e. The van der Waals surface area contributed by atoms with Gasteiger partial charge in [0, 0.05) is 23.5 Å². The first-order valence-corrected chi connectivity index (χ1v) is 20.3. The van der Waals surface area contributed by atoms with Gasteiger partial charge in [0.15, 0.2) is 23.0 Å². The van der Waals surface area contributed by atoms with Crippen LogP contribution in [0.2, 0.25) is 0 Å². The molecule has 322 valence electrons. The van der Waals surface area contributed by atoms with Crippen LogP contribution in [0.1, 0.15) is 138 Å². The molecule has 59 heavy (non-hydrogen) atoms. The van der Waals surface area contributed by atoms with Gasteiger partial charge in [-0.15, -0.1) is 11.3 Å². The molecule has 0 radical (unpaired) electrons. The topological polar surface area (TPSA) is 75.6 Å². The number of thiazole rings is 1. The summed E-state index contributed by atoms with van der Waals surface area (Å²) < 4.78 is 23.2. The average Bonchev–Trinajstić information content (AvgIpc) is 3.76. The molecule has 0 atom stereocenters. The summed E-state index contributed by atoms with van der Waals surface area (Å²) in [6, 6.07) is 22.9. The minimum atomic E-state index is 0. The summed E-state index contributed by atoms with van der Waals surface area (Å²) in [6.07, 6.45) is 3.51. The summed E-state index contributed by atoms with van der Waals surface area (Å²) in [5.41, 5.74) is 9.96. The van der Waals surface area contributed by atoms with E-state index in [0.717, 1.165) is 39.0 Å². The van der Waals surface area contributed by atoms with Crippen LogP contribution in [-0.4, -0.2) is 35.0 Å². The van der Waals surface area contributed by atoms with E-state index in [1.165, 1.54) is 38.0 Å². The molecule has 4 heterocycles. The predicted molar refractivity (Wildman–Crippen MR) is 254 cm³/mol. The van der Waals surface area contributed by atoms with Gasteiger partial charge in [-0.2, -0.15) is 0 Å². The number of rotatable bonds is 0. The second-order valence-corrected chi connectivity index (χ2v) is 19.7. The molecule has 0 bridgehead atoms. The Labute approximate surface area is 361 Å². The Morgan fingerprint density at radius 2 is 0.932 bits per heavy atom. The van der Waals surface area contributed by atoms with Crippen LogP contribution >= 0.6 is 11.3 Å². The SMILES string of the molecule is C.C.C.CC(C)(C)c1cccc2c1OCCO2.CC(C)(C)c1cccc2c1OCO2.Cc1ccc(C(C)(C)C)c2nccnc12.Cc1nc2c(C(C)(C)C)cccc2s1. The summed E-state index contributed by atoms with van der Waals surface area (Å²) in [4.78, 5) is 13.4. The Hall–Kier alpha value is -4.69. The van der Waals surface area contributed by atoms with Gasteiger partial charge in [-0.1, -0.05) is 154 Å². The molecule has 0 aliphatic carbocycles. The number of hydrogen-bond donors (Lipinski definition) is 0. The van der Waals surface area contributed by atoms with Gasteiger partial charge in [-0.05, 0) is 70.4 Å². The van der Waals surface area contributed by atoms with Crippen molar-refractivity contribution in [3.8, 4) is 23.0 Å². The summed E-state index contributed by atoms with van der Waals surface area (Å²) in [5, 5.41) is 1.15. The van der Waals surface area contributed by atoms with Crippen molar-refractivity contribution in [2.45, 2.75) is 141 Å². The molecule has 0 saturated heterocycles. The third-order valence-electron chi connectivity index (χ3n) is 9.55. The number of nitrogens with zero attached hydrogens (tertiary/aromatic N) is 3. The lowest BCUT2D eigenvalue weighted by Crippen LogP contribution is -2.20. The minimum absolute atomic E-state index is 0. The molecule has 8 heteroatoms. The first-order valence-electron chi connectivity index (χ1n) is 19.5. The summed E-state index contributed by atoms with van der Waals surface area (Å²) in [6.45, 7) is 32.1.